The molecule has 4 atom stereocenters. The molecule has 0 spiro atoms. The fourth-order valence-corrected chi connectivity index (χ4v) is 5.68. The lowest BCUT2D eigenvalue weighted by Gasteiger charge is -2.38. The predicted octanol–water partition coefficient (Wildman–Crippen LogP) is 2.19. The van der Waals surface area contributed by atoms with Crippen molar-refractivity contribution in [3.8, 4) is 0 Å². The second kappa shape index (κ2) is 7.97. The van der Waals surface area contributed by atoms with Crippen LogP contribution in [0, 0.1) is 17.8 Å². The Morgan fingerprint density at radius 2 is 1.77 bits per heavy atom. The van der Waals surface area contributed by atoms with Gasteiger partial charge in [0.2, 0.25) is 0 Å². The normalized spacial score (nSPS) is 33.8. The molecule has 26 heavy (non-hydrogen) atoms. The van der Waals surface area contributed by atoms with Crippen molar-refractivity contribution in [3.63, 3.8) is 0 Å². The van der Waals surface area contributed by atoms with Crippen molar-refractivity contribution >= 4 is 0 Å². The molecule has 4 nitrogen and oxygen atoms in total. The Labute approximate surface area is 158 Å². The number of benzene rings is 1. The number of rotatable bonds is 5. The lowest BCUT2D eigenvalue weighted by molar-refractivity contribution is 0.119. The second-order valence-corrected chi connectivity index (χ2v) is 8.96. The fourth-order valence-electron chi connectivity index (χ4n) is 5.68. The topological polar surface area (TPSA) is 38.7 Å². The van der Waals surface area contributed by atoms with Crippen LogP contribution in [0.5, 0.6) is 0 Å². The SMILES string of the molecule is CC(C)N1CCC([C@@H]2N[C@H](CO)[C@@H]3CN(Cc4ccccc4)C[C@@H]32)CC1. The average molecular weight is 358 g/mol. The Hall–Kier alpha value is -0.940. The van der Waals surface area contributed by atoms with Crippen LogP contribution in [0.4, 0.5) is 0 Å². The van der Waals surface area contributed by atoms with E-state index in [1.165, 1.54) is 38.0 Å². The quantitative estimate of drug-likeness (QED) is 0.847. The number of aliphatic hydroxyl groups excluding tert-OH is 1. The largest absolute Gasteiger partial charge is 0.395 e. The van der Waals surface area contributed by atoms with Crippen molar-refractivity contribution < 1.29 is 5.11 Å². The number of nitrogens with zero attached hydrogens (tertiary/aromatic N) is 2. The van der Waals surface area contributed by atoms with Crippen LogP contribution >= 0.6 is 0 Å². The number of nitrogens with one attached hydrogen (secondary N) is 1. The molecule has 0 aliphatic carbocycles. The van der Waals surface area contributed by atoms with Gasteiger partial charge in [0, 0.05) is 37.8 Å². The van der Waals surface area contributed by atoms with Gasteiger partial charge in [0.15, 0.2) is 0 Å². The maximum Gasteiger partial charge on any atom is 0.0588 e. The van der Waals surface area contributed by atoms with Gasteiger partial charge in [-0.25, -0.2) is 0 Å². The molecular weight excluding hydrogens is 322 g/mol. The van der Waals surface area contributed by atoms with E-state index in [9.17, 15) is 5.11 Å². The van der Waals surface area contributed by atoms with E-state index in [4.69, 9.17) is 0 Å². The first-order valence-electron chi connectivity index (χ1n) is 10.5. The summed E-state index contributed by atoms with van der Waals surface area (Å²) in [5.74, 6) is 2.08. The molecule has 0 bridgehead atoms. The third kappa shape index (κ3) is 3.70. The molecule has 3 heterocycles. The minimum Gasteiger partial charge on any atom is -0.395 e. The summed E-state index contributed by atoms with van der Waals surface area (Å²) in [6, 6.07) is 12.4. The maximum atomic E-state index is 9.93. The number of hydrogen-bond donors (Lipinski definition) is 2. The Bertz CT molecular complexity index is 570. The lowest BCUT2D eigenvalue weighted by atomic mass is 9.80. The van der Waals surface area contributed by atoms with Crippen LogP contribution in [0.25, 0.3) is 0 Å². The van der Waals surface area contributed by atoms with Gasteiger partial charge in [0.25, 0.3) is 0 Å². The van der Waals surface area contributed by atoms with Crippen molar-refractivity contribution in [2.75, 3.05) is 32.8 Å². The summed E-state index contributed by atoms with van der Waals surface area (Å²) < 4.78 is 0. The standard InChI is InChI=1S/C22H35N3O/c1-16(2)25-10-8-18(9-11-25)22-20-14-24(12-17-6-4-3-5-7-17)13-19(20)21(15-26)23-22/h3-7,16,18-23,26H,8-15H2,1-2H3/t19-,20+,21-,22+/m1/s1. The molecule has 3 aliphatic heterocycles. The first-order valence-corrected chi connectivity index (χ1v) is 10.5. The number of likely N-dealkylation sites (tertiary alicyclic amines) is 2. The lowest BCUT2D eigenvalue weighted by Crippen LogP contribution is -2.47. The van der Waals surface area contributed by atoms with Crippen molar-refractivity contribution in [2.45, 2.75) is 51.4 Å². The van der Waals surface area contributed by atoms with Gasteiger partial charge in [-0.05, 0) is 63.1 Å². The molecule has 2 N–H and O–H groups in total. The van der Waals surface area contributed by atoms with Crippen LogP contribution in [0.15, 0.2) is 30.3 Å². The van der Waals surface area contributed by atoms with Gasteiger partial charge in [0.1, 0.15) is 0 Å². The molecular formula is C22H35N3O. The van der Waals surface area contributed by atoms with Crippen LogP contribution < -0.4 is 5.32 Å². The Kier molecular flexibility index (Phi) is 5.65. The maximum absolute atomic E-state index is 9.93. The van der Waals surface area contributed by atoms with E-state index < -0.39 is 0 Å². The van der Waals surface area contributed by atoms with Gasteiger partial charge in [-0.2, -0.15) is 0 Å². The van der Waals surface area contributed by atoms with E-state index in [-0.39, 0.29) is 12.6 Å². The molecule has 144 valence electrons. The van der Waals surface area contributed by atoms with Crippen LogP contribution in [-0.4, -0.2) is 65.8 Å². The molecule has 0 saturated carbocycles. The summed E-state index contributed by atoms with van der Waals surface area (Å²) >= 11 is 0. The van der Waals surface area contributed by atoms with Crippen molar-refractivity contribution in [1.29, 1.82) is 0 Å². The van der Waals surface area contributed by atoms with E-state index in [1.54, 1.807) is 0 Å². The highest BCUT2D eigenvalue weighted by atomic mass is 16.3. The van der Waals surface area contributed by atoms with E-state index >= 15 is 0 Å². The third-order valence-corrected chi connectivity index (χ3v) is 7.13. The van der Waals surface area contributed by atoms with Crippen LogP contribution in [0.3, 0.4) is 0 Å². The van der Waals surface area contributed by atoms with Crippen molar-refractivity contribution in [2.24, 2.45) is 17.8 Å². The first-order chi connectivity index (χ1) is 12.7. The first kappa shape index (κ1) is 18.4. The molecule has 0 aromatic heterocycles. The van der Waals surface area contributed by atoms with Gasteiger partial charge in [-0.3, -0.25) is 4.90 Å². The minimum absolute atomic E-state index is 0.279. The van der Waals surface area contributed by atoms with Crippen molar-refractivity contribution in [3.05, 3.63) is 35.9 Å². The molecule has 0 amide bonds. The Morgan fingerprint density at radius 1 is 1.08 bits per heavy atom. The highest BCUT2D eigenvalue weighted by molar-refractivity contribution is 5.15. The molecule has 3 aliphatic rings. The molecule has 3 saturated heterocycles. The van der Waals surface area contributed by atoms with Crippen LogP contribution in [0.1, 0.15) is 32.3 Å². The fraction of sp³-hybridized carbons (Fsp3) is 0.727. The monoisotopic (exact) mass is 357 g/mol. The third-order valence-electron chi connectivity index (χ3n) is 7.13. The summed E-state index contributed by atoms with van der Waals surface area (Å²) in [4.78, 5) is 5.23. The molecule has 0 radical (unpaired) electrons. The molecule has 0 unspecified atom stereocenters. The zero-order valence-corrected chi connectivity index (χ0v) is 16.3. The van der Waals surface area contributed by atoms with Gasteiger partial charge >= 0.3 is 0 Å². The van der Waals surface area contributed by atoms with Crippen LogP contribution in [0.2, 0.25) is 0 Å². The summed E-state index contributed by atoms with van der Waals surface area (Å²) in [5.41, 5.74) is 1.41. The Balaban J connectivity index is 1.40. The van der Waals surface area contributed by atoms with E-state index in [1.807, 2.05) is 0 Å². The van der Waals surface area contributed by atoms with Gasteiger partial charge < -0.3 is 15.3 Å². The van der Waals surface area contributed by atoms with E-state index in [0.717, 1.165) is 19.0 Å². The average Bonchev–Trinajstić information content (AvgIpc) is 3.21. The zero-order valence-electron chi connectivity index (χ0n) is 16.3. The van der Waals surface area contributed by atoms with Gasteiger partial charge in [-0.15, -0.1) is 0 Å². The van der Waals surface area contributed by atoms with E-state index in [2.05, 4.69) is 59.3 Å². The molecule has 4 heteroatoms. The van der Waals surface area contributed by atoms with E-state index in [0.29, 0.717) is 23.9 Å². The van der Waals surface area contributed by atoms with Gasteiger partial charge in [-0.1, -0.05) is 30.3 Å². The molecule has 1 aromatic carbocycles. The summed E-state index contributed by atoms with van der Waals surface area (Å²) in [6.07, 6.45) is 2.60. The highest BCUT2D eigenvalue weighted by Crippen LogP contribution is 2.40. The number of hydrogen-bond acceptors (Lipinski definition) is 4. The highest BCUT2D eigenvalue weighted by Gasteiger charge is 2.50. The summed E-state index contributed by atoms with van der Waals surface area (Å²) in [5, 5.41) is 13.8. The number of fused-ring (bicyclic) bond motifs is 1. The summed E-state index contributed by atoms with van der Waals surface area (Å²) in [6.45, 7) is 10.7. The van der Waals surface area contributed by atoms with Gasteiger partial charge in [0.05, 0.1) is 6.61 Å². The minimum atomic E-state index is 0.279. The number of piperidine rings is 1. The van der Waals surface area contributed by atoms with Crippen molar-refractivity contribution in [1.82, 2.24) is 15.1 Å². The predicted molar refractivity (Wildman–Crippen MR) is 106 cm³/mol. The number of aliphatic hydroxyl groups is 1. The smallest absolute Gasteiger partial charge is 0.0588 e. The second-order valence-electron chi connectivity index (χ2n) is 8.96. The van der Waals surface area contributed by atoms with Crippen LogP contribution in [-0.2, 0) is 6.54 Å². The summed E-state index contributed by atoms with van der Waals surface area (Å²) in [7, 11) is 0. The molecule has 1 aromatic rings. The molecule has 3 fully saturated rings. The Morgan fingerprint density at radius 3 is 2.42 bits per heavy atom. The molecule has 4 rings (SSSR count). The zero-order chi connectivity index (χ0) is 18.1.